The SMILES string of the molecule is CCCCC/C=C\C/C=C\C/C=C\CC1OC1CCCC(=O)OC[C@H](COP(=O)(O)O)OC(=O)CCCCCCCC/C=C\C/C=C\CCCCC. The van der Waals surface area contributed by atoms with Gasteiger partial charge in [0.2, 0.25) is 0 Å². The van der Waals surface area contributed by atoms with Crippen LogP contribution in [0.1, 0.15) is 162 Å². The molecule has 1 saturated heterocycles. The molecule has 10 heteroatoms. The highest BCUT2D eigenvalue weighted by Gasteiger charge is 2.36. The van der Waals surface area contributed by atoms with Gasteiger partial charge in [-0.25, -0.2) is 4.57 Å². The number of esters is 2. The van der Waals surface area contributed by atoms with Crippen LogP contribution in [-0.4, -0.2) is 53.3 Å². The number of phosphoric acid groups is 1. The lowest BCUT2D eigenvalue weighted by Crippen LogP contribution is -2.29. The van der Waals surface area contributed by atoms with Crippen LogP contribution in [0.3, 0.4) is 0 Å². The van der Waals surface area contributed by atoms with Crippen LogP contribution in [0.4, 0.5) is 0 Å². The van der Waals surface area contributed by atoms with Gasteiger partial charge < -0.3 is 24.0 Å². The first-order chi connectivity index (χ1) is 25.2. The van der Waals surface area contributed by atoms with Gasteiger partial charge in [0.05, 0.1) is 18.8 Å². The van der Waals surface area contributed by atoms with Crippen LogP contribution in [0.2, 0.25) is 0 Å². The molecule has 0 aromatic rings. The number of carbonyl (C=O) groups is 2. The molecule has 9 nitrogen and oxygen atoms in total. The van der Waals surface area contributed by atoms with Gasteiger partial charge in [-0.2, -0.15) is 0 Å². The number of rotatable bonds is 35. The van der Waals surface area contributed by atoms with Crippen LogP contribution in [-0.2, 0) is 32.9 Å². The van der Waals surface area contributed by atoms with E-state index >= 15 is 0 Å². The van der Waals surface area contributed by atoms with E-state index in [0.717, 1.165) is 77.0 Å². The quantitative estimate of drug-likeness (QED) is 0.0213. The zero-order chi connectivity index (χ0) is 38.0. The average Bonchev–Trinajstić information content (AvgIpc) is 3.87. The van der Waals surface area contributed by atoms with Gasteiger partial charge in [0, 0.05) is 12.8 Å². The fraction of sp³-hybridized carbons (Fsp3) is 0.714. The molecule has 1 rings (SSSR count). The summed E-state index contributed by atoms with van der Waals surface area (Å²) in [5.74, 6) is -0.978. The third-order valence-electron chi connectivity index (χ3n) is 8.68. The van der Waals surface area contributed by atoms with E-state index in [4.69, 9.17) is 24.0 Å². The highest BCUT2D eigenvalue weighted by atomic mass is 31.2. The Kier molecular flexibility index (Phi) is 30.6. The number of ether oxygens (including phenoxy) is 3. The van der Waals surface area contributed by atoms with Crippen LogP contribution in [0.25, 0.3) is 0 Å². The smallest absolute Gasteiger partial charge is 0.462 e. The minimum atomic E-state index is -4.78. The summed E-state index contributed by atoms with van der Waals surface area (Å²) in [7, 11) is -4.78. The lowest BCUT2D eigenvalue weighted by atomic mass is 10.1. The molecule has 2 N–H and O–H groups in total. The van der Waals surface area contributed by atoms with Crippen molar-refractivity contribution in [3.05, 3.63) is 60.8 Å². The van der Waals surface area contributed by atoms with Gasteiger partial charge >= 0.3 is 19.8 Å². The molecule has 1 aliphatic rings. The predicted molar refractivity (Wildman–Crippen MR) is 211 cm³/mol. The molecule has 1 aliphatic heterocycles. The van der Waals surface area contributed by atoms with Gasteiger partial charge in [-0.1, -0.05) is 126 Å². The van der Waals surface area contributed by atoms with E-state index in [-0.39, 0.29) is 31.7 Å². The first kappa shape index (κ1) is 47.7. The summed E-state index contributed by atoms with van der Waals surface area (Å²) >= 11 is 0. The molecule has 0 aromatic carbocycles. The molecule has 0 aliphatic carbocycles. The summed E-state index contributed by atoms with van der Waals surface area (Å²) in [4.78, 5) is 42.9. The minimum Gasteiger partial charge on any atom is -0.462 e. The summed E-state index contributed by atoms with van der Waals surface area (Å²) < 4.78 is 32.1. The zero-order valence-electron chi connectivity index (χ0n) is 32.4. The Balaban J connectivity index is 2.15. The summed E-state index contributed by atoms with van der Waals surface area (Å²) in [6.45, 7) is 3.55. The second-order valence-corrected chi connectivity index (χ2v) is 14.9. The van der Waals surface area contributed by atoms with E-state index in [2.05, 4.69) is 79.1 Å². The third kappa shape index (κ3) is 32.4. The fourth-order valence-electron chi connectivity index (χ4n) is 5.55. The molecular formula is C42H71O9P. The van der Waals surface area contributed by atoms with Crippen molar-refractivity contribution in [2.75, 3.05) is 13.2 Å². The maximum atomic E-state index is 12.4. The van der Waals surface area contributed by atoms with Crippen molar-refractivity contribution < 1.29 is 42.7 Å². The number of unbranched alkanes of at least 4 members (excludes halogenated alkanes) is 12. The van der Waals surface area contributed by atoms with E-state index in [9.17, 15) is 14.2 Å². The van der Waals surface area contributed by atoms with Gasteiger partial charge in [0.15, 0.2) is 6.10 Å². The molecule has 0 amide bonds. The van der Waals surface area contributed by atoms with Crippen molar-refractivity contribution >= 4 is 19.8 Å². The molecule has 2 unspecified atom stereocenters. The van der Waals surface area contributed by atoms with Crippen molar-refractivity contribution in [3.63, 3.8) is 0 Å². The molecule has 1 heterocycles. The topological polar surface area (TPSA) is 132 Å². The summed E-state index contributed by atoms with van der Waals surface area (Å²) in [6.07, 6.45) is 43.8. The van der Waals surface area contributed by atoms with Crippen molar-refractivity contribution in [2.24, 2.45) is 0 Å². The van der Waals surface area contributed by atoms with Crippen LogP contribution < -0.4 is 0 Å². The molecular weight excluding hydrogens is 679 g/mol. The zero-order valence-corrected chi connectivity index (χ0v) is 33.3. The first-order valence-corrected chi connectivity index (χ1v) is 21.7. The lowest BCUT2D eigenvalue weighted by molar-refractivity contribution is -0.161. The highest BCUT2D eigenvalue weighted by Crippen LogP contribution is 2.36. The third-order valence-corrected chi connectivity index (χ3v) is 9.17. The Morgan fingerprint density at radius 1 is 0.615 bits per heavy atom. The second-order valence-electron chi connectivity index (χ2n) is 13.6. The van der Waals surface area contributed by atoms with Gasteiger partial charge in [-0.3, -0.25) is 14.1 Å². The van der Waals surface area contributed by atoms with Crippen molar-refractivity contribution in [3.8, 4) is 0 Å². The summed E-state index contributed by atoms with van der Waals surface area (Å²) in [5.41, 5.74) is 0. The van der Waals surface area contributed by atoms with Crippen LogP contribution in [0.15, 0.2) is 60.8 Å². The van der Waals surface area contributed by atoms with Gasteiger partial charge in [0.1, 0.15) is 6.61 Å². The Morgan fingerprint density at radius 3 is 1.69 bits per heavy atom. The van der Waals surface area contributed by atoms with E-state index in [0.29, 0.717) is 12.8 Å². The lowest BCUT2D eigenvalue weighted by Gasteiger charge is -2.18. The predicted octanol–water partition coefficient (Wildman–Crippen LogP) is 11.1. The molecule has 0 spiro atoms. The molecule has 0 radical (unpaired) electrons. The van der Waals surface area contributed by atoms with Crippen molar-refractivity contribution in [1.29, 1.82) is 0 Å². The standard InChI is InChI=1S/C42H71O9P/c1-3-5-7-9-11-13-15-17-18-19-20-22-24-26-28-30-34-42(44)50-38(37-49-52(45,46)47)36-48-41(43)35-31-33-40-39(51-40)32-29-27-25-23-21-16-14-12-10-8-6-4-2/h11-14,17-18,21,23,27,29,38-40H,3-10,15-16,19-20,22,24-26,28,30-37H2,1-2H3,(H2,45,46,47)/b13-11-,14-12-,18-17-,23-21-,29-27-/t38-,39?,40?/m1/s1. The van der Waals surface area contributed by atoms with E-state index in [1.807, 2.05) is 0 Å². The van der Waals surface area contributed by atoms with Gasteiger partial charge in [-0.05, 0) is 83.5 Å². The van der Waals surface area contributed by atoms with E-state index in [1.165, 1.54) is 44.9 Å². The molecule has 0 aromatic heterocycles. The minimum absolute atomic E-state index is 0.135. The molecule has 298 valence electrons. The highest BCUT2D eigenvalue weighted by molar-refractivity contribution is 7.46. The fourth-order valence-corrected chi connectivity index (χ4v) is 5.91. The molecule has 0 saturated carbocycles. The average molecular weight is 751 g/mol. The Labute approximate surface area is 315 Å². The van der Waals surface area contributed by atoms with Gasteiger partial charge in [-0.15, -0.1) is 0 Å². The molecule has 3 atom stereocenters. The van der Waals surface area contributed by atoms with Crippen LogP contribution >= 0.6 is 7.82 Å². The van der Waals surface area contributed by atoms with Crippen molar-refractivity contribution in [1.82, 2.24) is 0 Å². The van der Waals surface area contributed by atoms with E-state index in [1.54, 1.807) is 0 Å². The molecule has 52 heavy (non-hydrogen) atoms. The number of allylic oxidation sites excluding steroid dienone is 9. The summed E-state index contributed by atoms with van der Waals surface area (Å²) in [5, 5.41) is 0. The largest absolute Gasteiger partial charge is 0.469 e. The molecule has 0 bridgehead atoms. The number of carbonyl (C=O) groups excluding carboxylic acids is 2. The maximum Gasteiger partial charge on any atom is 0.469 e. The normalized spacial score (nSPS) is 17.0. The number of hydrogen-bond acceptors (Lipinski definition) is 7. The number of hydrogen-bond donors (Lipinski definition) is 2. The van der Waals surface area contributed by atoms with E-state index < -0.39 is 32.5 Å². The van der Waals surface area contributed by atoms with Crippen molar-refractivity contribution in [2.45, 2.75) is 180 Å². The molecule has 1 fully saturated rings. The second kappa shape index (κ2) is 33.3. The Bertz CT molecular complexity index is 1090. The Morgan fingerprint density at radius 2 is 1.12 bits per heavy atom. The monoisotopic (exact) mass is 750 g/mol. The van der Waals surface area contributed by atoms with Crippen LogP contribution in [0, 0.1) is 0 Å². The number of phosphoric ester groups is 1. The Hall–Kier alpha value is -2.29. The van der Waals surface area contributed by atoms with Crippen LogP contribution in [0.5, 0.6) is 0 Å². The number of epoxide rings is 1. The first-order valence-electron chi connectivity index (χ1n) is 20.2. The summed E-state index contributed by atoms with van der Waals surface area (Å²) in [6, 6.07) is 0. The maximum absolute atomic E-state index is 12.4. The van der Waals surface area contributed by atoms with Gasteiger partial charge in [0.25, 0.3) is 0 Å².